The molecule has 0 saturated carbocycles. The van der Waals surface area contributed by atoms with Crippen molar-refractivity contribution >= 4 is 0 Å². The smallest absolute Gasteiger partial charge is 0.142 e. The summed E-state index contributed by atoms with van der Waals surface area (Å²) in [5.74, 6) is 0.746. The average Bonchev–Trinajstić information content (AvgIpc) is 2.25. The Hall–Kier alpha value is -1.13. The van der Waals surface area contributed by atoms with Crippen LogP contribution in [-0.4, -0.2) is 29.8 Å². The zero-order chi connectivity index (χ0) is 11.1. The monoisotopic (exact) mass is 210 g/mol. The number of aryl methyl sites for hydroxylation is 1. The lowest BCUT2D eigenvalue weighted by Crippen LogP contribution is -2.15. The molecule has 0 saturated heterocycles. The fourth-order valence-electron chi connectivity index (χ4n) is 1.25. The van der Waals surface area contributed by atoms with Crippen molar-refractivity contribution in [3.63, 3.8) is 0 Å². The first-order valence-electron chi connectivity index (χ1n) is 5.18. The van der Waals surface area contributed by atoms with E-state index in [0.29, 0.717) is 13.2 Å². The molecule has 1 aromatic rings. The van der Waals surface area contributed by atoms with Crippen LogP contribution in [0.2, 0.25) is 0 Å². The molecule has 0 amide bonds. The van der Waals surface area contributed by atoms with E-state index in [4.69, 9.17) is 9.84 Å². The Morgan fingerprint density at radius 2 is 2.27 bits per heavy atom. The Balaban J connectivity index is 2.73. The molecule has 15 heavy (non-hydrogen) atoms. The zero-order valence-electron chi connectivity index (χ0n) is 9.29. The summed E-state index contributed by atoms with van der Waals surface area (Å²) >= 11 is 0. The van der Waals surface area contributed by atoms with Gasteiger partial charge in [-0.1, -0.05) is 6.92 Å². The number of nitrogens with one attached hydrogen (secondary N) is 1. The predicted octanol–water partition coefficient (Wildman–Crippen LogP) is 0.871. The number of aromatic nitrogens is 1. The van der Waals surface area contributed by atoms with E-state index in [0.717, 1.165) is 23.7 Å². The van der Waals surface area contributed by atoms with Gasteiger partial charge in [0.05, 0.1) is 12.3 Å². The van der Waals surface area contributed by atoms with Crippen LogP contribution in [0.15, 0.2) is 12.1 Å². The summed E-state index contributed by atoms with van der Waals surface area (Å²) in [6.45, 7) is 5.92. The van der Waals surface area contributed by atoms with E-state index in [-0.39, 0.29) is 6.61 Å². The van der Waals surface area contributed by atoms with Gasteiger partial charge in [-0.15, -0.1) is 0 Å². The first kappa shape index (κ1) is 11.9. The second kappa shape index (κ2) is 6.37. The highest BCUT2D eigenvalue weighted by atomic mass is 16.5. The summed E-state index contributed by atoms with van der Waals surface area (Å²) < 4.78 is 5.39. The van der Waals surface area contributed by atoms with E-state index in [2.05, 4.69) is 10.3 Å². The molecule has 0 bridgehead atoms. The SMILES string of the molecule is CCNCc1nc(C)ccc1OCCO. The molecule has 0 fully saturated rings. The van der Waals surface area contributed by atoms with Crippen molar-refractivity contribution < 1.29 is 9.84 Å². The molecular formula is C11H18N2O2. The number of aliphatic hydroxyl groups is 1. The molecule has 0 aliphatic carbocycles. The second-order valence-corrected chi connectivity index (χ2v) is 3.25. The van der Waals surface area contributed by atoms with Gasteiger partial charge in [-0.25, -0.2) is 0 Å². The van der Waals surface area contributed by atoms with Crippen molar-refractivity contribution in [1.82, 2.24) is 10.3 Å². The maximum absolute atomic E-state index is 8.69. The molecule has 1 rings (SSSR count). The molecule has 0 aliphatic rings. The number of hydrogen-bond acceptors (Lipinski definition) is 4. The molecule has 0 aromatic carbocycles. The normalized spacial score (nSPS) is 10.3. The third-order valence-corrected chi connectivity index (χ3v) is 1.96. The predicted molar refractivity (Wildman–Crippen MR) is 58.9 cm³/mol. The molecule has 0 unspecified atom stereocenters. The number of nitrogens with zero attached hydrogens (tertiary/aromatic N) is 1. The summed E-state index contributed by atoms with van der Waals surface area (Å²) in [6.07, 6.45) is 0. The van der Waals surface area contributed by atoms with Crippen molar-refractivity contribution in [2.45, 2.75) is 20.4 Å². The van der Waals surface area contributed by atoms with Crippen molar-refractivity contribution in [1.29, 1.82) is 0 Å². The maximum Gasteiger partial charge on any atom is 0.142 e. The maximum atomic E-state index is 8.69. The first-order chi connectivity index (χ1) is 7.27. The van der Waals surface area contributed by atoms with Gasteiger partial charge in [-0.05, 0) is 25.6 Å². The standard InChI is InChI=1S/C11H18N2O2/c1-3-12-8-10-11(15-7-6-14)5-4-9(2)13-10/h4-5,12,14H,3,6-8H2,1-2H3. The van der Waals surface area contributed by atoms with Gasteiger partial charge in [0.15, 0.2) is 0 Å². The summed E-state index contributed by atoms with van der Waals surface area (Å²) in [5, 5.41) is 11.9. The largest absolute Gasteiger partial charge is 0.489 e. The molecule has 1 aromatic heterocycles. The minimum absolute atomic E-state index is 0.0223. The minimum Gasteiger partial charge on any atom is -0.489 e. The summed E-state index contributed by atoms with van der Waals surface area (Å²) in [5.41, 5.74) is 1.87. The topological polar surface area (TPSA) is 54.4 Å². The van der Waals surface area contributed by atoms with Crippen molar-refractivity contribution in [3.8, 4) is 5.75 Å². The van der Waals surface area contributed by atoms with E-state index < -0.39 is 0 Å². The lowest BCUT2D eigenvalue weighted by Gasteiger charge is -2.10. The molecule has 84 valence electrons. The first-order valence-corrected chi connectivity index (χ1v) is 5.18. The minimum atomic E-state index is 0.0223. The van der Waals surface area contributed by atoms with E-state index in [1.807, 2.05) is 26.0 Å². The highest BCUT2D eigenvalue weighted by molar-refractivity contribution is 5.29. The van der Waals surface area contributed by atoms with Gasteiger partial charge in [0.25, 0.3) is 0 Å². The molecule has 0 atom stereocenters. The molecule has 0 aliphatic heterocycles. The van der Waals surface area contributed by atoms with Gasteiger partial charge in [-0.2, -0.15) is 0 Å². The van der Waals surface area contributed by atoms with Crippen LogP contribution < -0.4 is 10.1 Å². The Morgan fingerprint density at radius 3 is 2.93 bits per heavy atom. The van der Waals surface area contributed by atoms with E-state index >= 15 is 0 Å². The Kier molecular flexibility index (Phi) is 5.07. The van der Waals surface area contributed by atoms with Crippen LogP contribution in [0.5, 0.6) is 5.75 Å². The van der Waals surface area contributed by atoms with Gasteiger partial charge < -0.3 is 15.2 Å². The number of rotatable bonds is 6. The third-order valence-electron chi connectivity index (χ3n) is 1.96. The van der Waals surface area contributed by atoms with Crippen LogP contribution in [-0.2, 0) is 6.54 Å². The Bertz CT molecular complexity index is 303. The number of ether oxygens (including phenoxy) is 1. The zero-order valence-corrected chi connectivity index (χ0v) is 9.29. The van der Waals surface area contributed by atoms with Crippen LogP contribution in [0.4, 0.5) is 0 Å². The molecular weight excluding hydrogens is 192 g/mol. The van der Waals surface area contributed by atoms with Crippen molar-refractivity contribution in [2.75, 3.05) is 19.8 Å². The van der Waals surface area contributed by atoms with Crippen LogP contribution >= 0.6 is 0 Å². The third kappa shape index (κ3) is 3.85. The van der Waals surface area contributed by atoms with E-state index in [9.17, 15) is 0 Å². The second-order valence-electron chi connectivity index (χ2n) is 3.25. The number of aliphatic hydroxyl groups excluding tert-OH is 1. The summed E-state index contributed by atoms with van der Waals surface area (Å²) in [4.78, 5) is 4.39. The van der Waals surface area contributed by atoms with Crippen LogP contribution in [0.3, 0.4) is 0 Å². The van der Waals surface area contributed by atoms with Crippen LogP contribution in [0.25, 0.3) is 0 Å². The fourth-order valence-corrected chi connectivity index (χ4v) is 1.25. The molecule has 4 heteroatoms. The van der Waals surface area contributed by atoms with Gasteiger partial charge in [0.1, 0.15) is 12.4 Å². The Morgan fingerprint density at radius 1 is 1.47 bits per heavy atom. The van der Waals surface area contributed by atoms with Crippen LogP contribution in [0, 0.1) is 6.92 Å². The molecule has 0 spiro atoms. The lowest BCUT2D eigenvalue weighted by molar-refractivity contribution is 0.199. The lowest BCUT2D eigenvalue weighted by atomic mass is 10.3. The molecule has 2 N–H and O–H groups in total. The quantitative estimate of drug-likeness (QED) is 0.731. The van der Waals surface area contributed by atoms with Crippen molar-refractivity contribution in [2.24, 2.45) is 0 Å². The van der Waals surface area contributed by atoms with Crippen LogP contribution in [0.1, 0.15) is 18.3 Å². The molecule has 0 radical (unpaired) electrons. The van der Waals surface area contributed by atoms with Gasteiger partial charge >= 0.3 is 0 Å². The average molecular weight is 210 g/mol. The highest BCUT2D eigenvalue weighted by Crippen LogP contribution is 2.16. The van der Waals surface area contributed by atoms with Crippen molar-refractivity contribution in [3.05, 3.63) is 23.5 Å². The van der Waals surface area contributed by atoms with Gasteiger partial charge in [0.2, 0.25) is 0 Å². The van der Waals surface area contributed by atoms with E-state index in [1.165, 1.54) is 0 Å². The number of pyridine rings is 1. The highest BCUT2D eigenvalue weighted by Gasteiger charge is 2.04. The fraction of sp³-hybridized carbons (Fsp3) is 0.545. The molecule has 4 nitrogen and oxygen atoms in total. The van der Waals surface area contributed by atoms with Gasteiger partial charge in [-0.3, -0.25) is 4.98 Å². The van der Waals surface area contributed by atoms with E-state index in [1.54, 1.807) is 0 Å². The Labute approximate surface area is 90.3 Å². The number of hydrogen-bond donors (Lipinski definition) is 2. The summed E-state index contributed by atoms with van der Waals surface area (Å²) in [7, 11) is 0. The van der Waals surface area contributed by atoms with Gasteiger partial charge in [0, 0.05) is 12.2 Å². The summed E-state index contributed by atoms with van der Waals surface area (Å²) in [6, 6.07) is 3.80. The molecule has 1 heterocycles.